The molecule has 0 saturated heterocycles. The molecular weight excluding hydrogens is 348 g/mol. The molecule has 0 unspecified atom stereocenters. The third kappa shape index (κ3) is 1.92. The predicted molar refractivity (Wildman–Crippen MR) is 96.4 cm³/mol. The van der Waals surface area contributed by atoms with Gasteiger partial charge in [0.1, 0.15) is 29.3 Å². The molecule has 0 spiro atoms. The lowest BCUT2D eigenvalue weighted by molar-refractivity contribution is 0.0976. The molecule has 27 heavy (non-hydrogen) atoms. The van der Waals surface area contributed by atoms with Crippen molar-refractivity contribution >= 4 is 28.1 Å². The number of fused-ring (bicyclic) bond motifs is 5. The molecule has 0 saturated carbocycles. The molecule has 5 rings (SSSR count). The minimum atomic E-state index is -0.754. The van der Waals surface area contributed by atoms with Crippen LogP contribution in [0.25, 0.3) is 16.5 Å². The molecule has 1 aliphatic carbocycles. The van der Waals surface area contributed by atoms with Crippen LogP contribution in [0.1, 0.15) is 31.8 Å². The topological polar surface area (TPSA) is 93.8 Å². The van der Waals surface area contributed by atoms with E-state index in [-0.39, 0.29) is 45.9 Å². The molecule has 2 aromatic carbocycles. The van der Waals surface area contributed by atoms with Gasteiger partial charge in [0.15, 0.2) is 11.6 Å². The Morgan fingerprint density at radius 1 is 0.963 bits per heavy atom. The van der Waals surface area contributed by atoms with Crippen LogP contribution in [0.3, 0.4) is 0 Å². The number of allylic oxidation sites excluding steroid dienone is 1. The lowest BCUT2D eigenvalue weighted by atomic mass is 9.80. The quantitative estimate of drug-likeness (QED) is 0.619. The van der Waals surface area contributed by atoms with Crippen LogP contribution in [0.2, 0.25) is 0 Å². The van der Waals surface area contributed by atoms with E-state index in [9.17, 15) is 19.5 Å². The number of phenols is 1. The van der Waals surface area contributed by atoms with Gasteiger partial charge in [-0.3, -0.25) is 9.59 Å². The SMILES string of the molecule is Cc1cccc2oc(=O)c3c(c12)OCC1=C3C(=O)c2c(O)cccc2C1=O. The normalized spacial score (nSPS) is 15.3. The minimum absolute atomic E-state index is 0.0471. The molecule has 0 radical (unpaired) electrons. The van der Waals surface area contributed by atoms with Crippen LogP contribution in [-0.2, 0) is 0 Å². The lowest BCUT2D eigenvalue weighted by Gasteiger charge is -2.27. The Bertz CT molecular complexity index is 1290. The molecule has 132 valence electrons. The highest BCUT2D eigenvalue weighted by atomic mass is 16.5. The van der Waals surface area contributed by atoms with Crippen molar-refractivity contribution in [3.05, 3.63) is 74.6 Å². The van der Waals surface area contributed by atoms with Crippen molar-refractivity contribution in [2.24, 2.45) is 0 Å². The maximum atomic E-state index is 13.1. The number of hydrogen-bond acceptors (Lipinski definition) is 6. The standard InChI is InChI=1S/C21H12O6/c1-9-4-2-7-13-14(9)20-17(21(25)27-13)16-11(8-26-20)18(23)10-5-3-6-12(22)15(10)19(16)24/h2-7,22H,8H2,1H3. The van der Waals surface area contributed by atoms with Crippen molar-refractivity contribution < 1.29 is 23.8 Å². The van der Waals surface area contributed by atoms with E-state index in [1.807, 2.05) is 13.0 Å². The van der Waals surface area contributed by atoms with E-state index in [1.54, 1.807) is 12.1 Å². The summed E-state index contributed by atoms with van der Waals surface area (Å²) >= 11 is 0. The smallest absolute Gasteiger partial charge is 0.348 e. The minimum Gasteiger partial charge on any atom is -0.507 e. The van der Waals surface area contributed by atoms with Gasteiger partial charge in [0.05, 0.1) is 16.5 Å². The Kier molecular flexibility index (Phi) is 2.98. The molecule has 0 fully saturated rings. The summed E-state index contributed by atoms with van der Waals surface area (Å²) in [6, 6.07) is 9.54. The molecule has 0 bridgehead atoms. The van der Waals surface area contributed by atoms with Gasteiger partial charge in [-0.2, -0.15) is 0 Å². The van der Waals surface area contributed by atoms with Gasteiger partial charge in [-0.15, -0.1) is 0 Å². The van der Waals surface area contributed by atoms with Gasteiger partial charge in [-0.1, -0.05) is 24.3 Å². The van der Waals surface area contributed by atoms with Crippen molar-refractivity contribution in [2.75, 3.05) is 6.61 Å². The average molecular weight is 360 g/mol. The Labute approximate surface area is 152 Å². The summed E-state index contributed by atoms with van der Waals surface area (Å²) in [7, 11) is 0. The first-order valence-corrected chi connectivity index (χ1v) is 8.33. The third-order valence-corrected chi connectivity index (χ3v) is 5.02. The number of benzene rings is 2. The summed E-state index contributed by atoms with van der Waals surface area (Å²) < 4.78 is 11.2. The van der Waals surface area contributed by atoms with Crippen LogP contribution in [0.5, 0.6) is 11.5 Å². The summed E-state index contributed by atoms with van der Waals surface area (Å²) in [6.07, 6.45) is 0. The number of ether oxygens (including phenoxy) is 1. The number of Topliss-reactive ketones (excluding diaryl/α,β-unsaturated/α-hetero) is 2. The zero-order valence-corrected chi connectivity index (χ0v) is 14.2. The largest absolute Gasteiger partial charge is 0.507 e. The number of carbonyl (C=O) groups is 2. The van der Waals surface area contributed by atoms with E-state index in [0.717, 1.165) is 5.56 Å². The molecule has 0 amide bonds. The van der Waals surface area contributed by atoms with Crippen LogP contribution in [0.4, 0.5) is 0 Å². The van der Waals surface area contributed by atoms with Crippen molar-refractivity contribution in [3.63, 3.8) is 0 Å². The number of phenolic OH excluding ortho intramolecular Hbond substituents is 1. The van der Waals surface area contributed by atoms with Crippen molar-refractivity contribution in [2.45, 2.75) is 6.92 Å². The molecule has 6 nitrogen and oxygen atoms in total. The molecular formula is C21H12O6. The maximum Gasteiger partial charge on any atom is 0.348 e. The first-order valence-electron chi connectivity index (χ1n) is 8.33. The number of hydrogen-bond donors (Lipinski definition) is 1. The number of aromatic hydroxyl groups is 1. The van der Waals surface area contributed by atoms with E-state index in [2.05, 4.69) is 0 Å². The lowest BCUT2D eigenvalue weighted by Crippen LogP contribution is -2.30. The number of aryl methyl sites for hydroxylation is 1. The zero-order chi connectivity index (χ0) is 18.9. The first kappa shape index (κ1) is 15.6. The Hall–Kier alpha value is -3.67. The van der Waals surface area contributed by atoms with Gasteiger partial charge < -0.3 is 14.3 Å². The van der Waals surface area contributed by atoms with Gasteiger partial charge >= 0.3 is 5.63 Å². The molecule has 0 atom stereocenters. The van der Waals surface area contributed by atoms with E-state index in [0.29, 0.717) is 11.0 Å². The third-order valence-electron chi connectivity index (χ3n) is 5.02. The van der Waals surface area contributed by atoms with Gasteiger partial charge in [0, 0.05) is 11.1 Å². The Balaban J connectivity index is 1.90. The molecule has 6 heteroatoms. The van der Waals surface area contributed by atoms with Crippen LogP contribution in [-0.4, -0.2) is 23.3 Å². The summed E-state index contributed by atoms with van der Waals surface area (Å²) in [5.41, 5.74) is 0.404. The second kappa shape index (κ2) is 5.17. The van der Waals surface area contributed by atoms with E-state index >= 15 is 0 Å². The van der Waals surface area contributed by atoms with Crippen molar-refractivity contribution in [3.8, 4) is 11.5 Å². The highest BCUT2D eigenvalue weighted by Gasteiger charge is 2.40. The number of rotatable bonds is 0. The van der Waals surface area contributed by atoms with E-state index in [4.69, 9.17) is 9.15 Å². The second-order valence-electron chi connectivity index (χ2n) is 6.54. The van der Waals surface area contributed by atoms with Crippen LogP contribution >= 0.6 is 0 Å². The Morgan fingerprint density at radius 3 is 2.56 bits per heavy atom. The van der Waals surface area contributed by atoms with Crippen LogP contribution < -0.4 is 10.4 Å². The van der Waals surface area contributed by atoms with Crippen LogP contribution in [0.15, 0.2) is 51.2 Å². The zero-order valence-electron chi connectivity index (χ0n) is 14.2. The van der Waals surface area contributed by atoms with Crippen molar-refractivity contribution in [1.29, 1.82) is 0 Å². The molecule has 3 aromatic rings. The monoisotopic (exact) mass is 360 g/mol. The average Bonchev–Trinajstić information content (AvgIpc) is 2.65. The summed E-state index contributed by atoms with van der Waals surface area (Å²) in [5.74, 6) is -1.09. The highest BCUT2D eigenvalue weighted by molar-refractivity contribution is 6.42. The molecule has 1 aliphatic heterocycles. The summed E-state index contributed by atoms with van der Waals surface area (Å²) in [6.45, 7) is 1.71. The Morgan fingerprint density at radius 2 is 1.74 bits per heavy atom. The molecule has 1 aromatic heterocycles. The predicted octanol–water partition coefficient (Wildman–Crippen LogP) is 3.03. The maximum absolute atomic E-state index is 13.1. The van der Waals surface area contributed by atoms with E-state index in [1.165, 1.54) is 18.2 Å². The summed E-state index contributed by atoms with van der Waals surface area (Å²) in [5, 5.41) is 10.7. The van der Waals surface area contributed by atoms with Gasteiger partial charge in [-0.05, 0) is 24.6 Å². The van der Waals surface area contributed by atoms with E-state index < -0.39 is 17.2 Å². The van der Waals surface area contributed by atoms with Gasteiger partial charge in [0.25, 0.3) is 0 Å². The van der Waals surface area contributed by atoms with Crippen molar-refractivity contribution in [1.82, 2.24) is 0 Å². The van der Waals surface area contributed by atoms with Gasteiger partial charge in [0.2, 0.25) is 0 Å². The highest BCUT2D eigenvalue weighted by Crippen LogP contribution is 2.43. The first-order chi connectivity index (χ1) is 13.0. The molecule has 1 N–H and O–H groups in total. The van der Waals surface area contributed by atoms with Gasteiger partial charge in [-0.25, -0.2) is 4.79 Å². The second-order valence-corrected chi connectivity index (χ2v) is 6.54. The molecule has 2 heterocycles. The number of carbonyl (C=O) groups excluding carboxylic acids is 2. The fourth-order valence-electron chi connectivity index (χ4n) is 3.80. The number of ketones is 2. The summed E-state index contributed by atoms with van der Waals surface area (Å²) in [4.78, 5) is 38.7. The van der Waals surface area contributed by atoms with Crippen LogP contribution in [0, 0.1) is 6.92 Å². The fourth-order valence-corrected chi connectivity index (χ4v) is 3.80. The molecule has 2 aliphatic rings. The fraction of sp³-hybridized carbons (Fsp3) is 0.0952.